The predicted molar refractivity (Wildman–Crippen MR) is 90.0 cm³/mol. The quantitative estimate of drug-likeness (QED) is 0.859. The third-order valence-corrected chi connectivity index (χ3v) is 3.30. The highest BCUT2D eigenvalue weighted by Gasteiger charge is 2.20. The number of carbonyl (C=O) groups excluding carboxylic acids is 1. The zero-order valence-electron chi connectivity index (χ0n) is 13.2. The molecule has 0 amide bonds. The molecule has 2 aromatic rings. The fourth-order valence-electron chi connectivity index (χ4n) is 2.09. The van der Waals surface area contributed by atoms with Gasteiger partial charge in [0.1, 0.15) is 5.60 Å². The van der Waals surface area contributed by atoms with Gasteiger partial charge < -0.3 is 14.8 Å². The van der Waals surface area contributed by atoms with Gasteiger partial charge in [0.15, 0.2) is 0 Å². The number of para-hydroxylation sites is 1. The summed E-state index contributed by atoms with van der Waals surface area (Å²) in [5, 5.41) is 4.27. The van der Waals surface area contributed by atoms with Gasteiger partial charge in [0.2, 0.25) is 0 Å². The molecule has 0 aliphatic rings. The number of rotatable bonds is 2. The van der Waals surface area contributed by atoms with E-state index in [0.717, 1.165) is 16.5 Å². The lowest BCUT2D eigenvalue weighted by molar-refractivity contribution is 0.0544. The lowest BCUT2D eigenvalue weighted by atomic mass is 10.2. The zero-order chi connectivity index (χ0) is 16.3. The summed E-state index contributed by atoms with van der Waals surface area (Å²) in [6.45, 7) is 6.01. The molecule has 1 aromatic carbocycles. The molecule has 0 aliphatic heterocycles. The van der Waals surface area contributed by atoms with Gasteiger partial charge in [-0.2, -0.15) is 0 Å². The first-order chi connectivity index (χ1) is 10.3. The smallest absolute Gasteiger partial charge is 0.419 e. The molecule has 0 fully saturated rings. The van der Waals surface area contributed by atoms with E-state index >= 15 is 0 Å². The van der Waals surface area contributed by atoms with Crippen LogP contribution in [0.5, 0.6) is 0 Å². The monoisotopic (exact) mass is 320 g/mol. The second-order valence-electron chi connectivity index (χ2n) is 5.87. The van der Waals surface area contributed by atoms with Crippen LogP contribution in [0, 0.1) is 0 Å². The van der Waals surface area contributed by atoms with Gasteiger partial charge in [0.25, 0.3) is 5.17 Å². The van der Waals surface area contributed by atoms with Crippen LogP contribution in [-0.2, 0) is 16.0 Å². The van der Waals surface area contributed by atoms with Crippen molar-refractivity contribution in [2.24, 2.45) is 0 Å². The van der Waals surface area contributed by atoms with Crippen LogP contribution in [0.4, 0.5) is 4.79 Å². The second-order valence-corrected chi connectivity index (χ2v) is 6.24. The number of ether oxygens (including phenoxy) is 2. The summed E-state index contributed by atoms with van der Waals surface area (Å²) in [7, 11) is 1.51. The summed E-state index contributed by atoms with van der Waals surface area (Å²) in [6.07, 6.45) is 1.37. The molecule has 0 unspecified atom stereocenters. The van der Waals surface area contributed by atoms with E-state index in [0.29, 0.717) is 11.7 Å². The van der Waals surface area contributed by atoms with Crippen molar-refractivity contribution in [3.05, 3.63) is 36.0 Å². The third kappa shape index (κ3) is 3.76. The maximum atomic E-state index is 12.4. The number of aromatic nitrogens is 1. The molecule has 22 heavy (non-hydrogen) atoms. The molecule has 118 valence electrons. The first-order valence-electron chi connectivity index (χ1n) is 6.96. The lowest BCUT2D eigenvalue weighted by Gasteiger charge is -2.19. The number of carbonyl (C=O) groups is 1. The van der Waals surface area contributed by atoms with Crippen molar-refractivity contribution in [2.75, 3.05) is 7.11 Å². The van der Waals surface area contributed by atoms with E-state index in [1.54, 1.807) is 6.20 Å². The average Bonchev–Trinajstić information content (AvgIpc) is 2.82. The van der Waals surface area contributed by atoms with Crippen LogP contribution in [0.15, 0.2) is 30.5 Å². The van der Waals surface area contributed by atoms with E-state index in [1.807, 2.05) is 45.0 Å². The van der Waals surface area contributed by atoms with E-state index in [-0.39, 0.29) is 0 Å². The minimum Gasteiger partial charge on any atom is -0.474 e. The van der Waals surface area contributed by atoms with Gasteiger partial charge in [-0.15, -0.1) is 0 Å². The molecule has 0 radical (unpaired) electrons. The molecule has 2 rings (SSSR count). The Bertz CT molecular complexity index is 701. The molecule has 1 aromatic heterocycles. The van der Waals surface area contributed by atoms with E-state index < -0.39 is 11.7 Å². The molecule has 0 saturated heterocycles. The highest BCUT2D eigenvalue weighted by molar-refractivity contribution is 7.80. The Balaban J connectivity index is 2.35. The molecule has 0 saturated carbocycles. The van der Waals surface area contributed by atoms with Gasteiger partial charge in [-0.3, -0.25) is 4.57 Å². The summed E-state index contributed by atoms with van der Waals surface area (Å²) in [5.41, 5.74) is 1.20. The van der Waals surface area contributed by atoms with Gasteiger partial charge in [-0.1, -0.05) is 18.2 Å². The predicted octanol–water partition coefficient (Wildman–Crippen LogP) is 3.45. The maximum Gasteiger partial charge on any atom is 0.419 e. The number of hydrogen-bond acceptors (Lipinski definition) is 4. The van der Waals surface area contributed by atoms with Gasteiger partial charge in [-0.05, 0) is 44.6 Å². The van der Waals surface area contributed by atoms with Crippen molar-refractivity contribution in [1.29, 1.82) is 0 Å². The largest absolute Gasteiger partial charge is 0.474 e. The van der Waals surface area contributed by atoms with Crippen LogP contribution in [0.1, 0.15) is 26.3 Å². The van der Waals surface area contributed by atoms with Crippen LogP contribution in [0.25, 0.3) is 10.9 Å². The number of nitrogens with zero attached hydrogens (tertiary/aromatic N) is 1. The van der Waals surface area contributed by atoms with Crippen molar-refractivity contribution in [1.82, 2.24) is 9.88 Å². The minimum atomic E-state index is -0.543. The molecule has 1 heterocycles. The fourth-order valence-corrected chi connectivity index (χ4v) is 2.16. The highest BCUT2D eigenvalue weighted by atomic mass is 32.1. The van der Waals surface area contributed by atoms with E-state index in [1.165, 1.54) is 11.7 Å². The summed E-state index contributed by atoms with van der Waals surface area (Å²) in [4.78, 5) is 12.4. The number of thiocarbonyl (C=S) groups is 1. The van der Waals surface area contributed by atoms with Gasteiger partial charge in [-0.25, -0.2) is 4.79 Å². The maximum absolute atomic E-state index is 12.4. The van der Waals surface area contributed by atoms with Crippen LogP contribution in [0.2, 0.25) is 0 Å². The van der Waals surface area contributed by atoms with Crippen LogP contribution >= 0.6 is 12.2 Å². The topological polar surface area (TPSA) is 52.5 Å². The first-order valence-corrected chi connectivity index (χ1v) is 7.37. The molecule has 0 aliphatic carbocycles. The Morgan fingerprint density at radius 1 is 1.32 bits per heavy atom. The Kier molecular flexibility index (Phi) is 4.71. The van der Waals surface area contributed by atoms with Crippen molar-refractivity contribution in [2.45, 2.75) is 32.9 Å². The Morgan fingerprint density at radius 3 is 2.64 bits per heavy atom. The number of methoxy groups -OCH3 is 1. The normalized spacial score (nSPS) is 11.3. The molecular formula is C16H20N2O3S. The van der Waals surface area contributed by atoms with Crippen molar-refractivity contribution >= 4 is 34.4 Å². The standard InChI is InChI=1S/C16H20N2O3S/c1-16(2,3)21-15(19)18-10-11(9-17-14(22)20-4)12-7-5-6-8-13(12)18/h5-8,10H,9H2,1-4H3,(H,17,22). The Hall–Kier alpha value is -2.08. The Labute approximate surface area is 135 Å². The molecule has 0 bridgehead atoms. The highest BCUT2D eigenvalue weighted by Crippen LogP contribution is 2.22. The minimum absolute atomic E-state index is 0.314. The van der Waals surface area contributed by atoms with Crippen LogP contribution < -0.4 is 5.32 Å². The fraction of sp³-hybridized carbons (Fsp3) is 0.375. The number of hydrogen-bond donors (Lipinski definition) is 1. The van der Waals surface area contributed by atoms with Crippen molar-refractivity contribution in [3.8, 4) is 0 Å². The van der Waals surface area contributed by atoms with Crippen molar-refractivity contribution < 1.29 is 14.3 Å². The van der Waals surface area contributed by atoms with Gasteiger partial charge in [0.05, 0.1) is 12.6 Å². The van der Waals surface area contributed by atoms with E-state index in [4.69, 9.17) is 21.7 Å². The molecule has 1 N–H and O–H groups in total. The van der Waals surface area contributed by atoms with Gasteiger partial charge >= 0.3 is 6.09 Å². The zero-order valence-corrected chi connectivity index (χ0v) is 14.0. The van der Waals surface area contributed by atoms with Crippen LogP contribution in [-0.4, -0.2) is 28.5 Å². The number of fused-ring (bicyclic) bond motifs is 1. The second kappa shape index (κ2) is 6.36. The lowest BCUT2D eigenvalue weighted by Crippen LogP contribution is -2.26. The van der Waals surface area contributed by atoms with Gasteiger partial charge in [0, 0.05) is 18.1 Å². The van der Waals surface area contributed by atoms with Crippen LogP contribution in [0.3, 0.4) is 0 Å². The number of benzene rings is 1. The average molecular weight is 320 g/mol. The van der Waals surface area contributed by atoms with E-state index in [2.05, 4.69) is 5.32 Å². The molecule has 0 atom stereocenters. The number of nitrogens with one attached hydrogen (secondary N) is 1. The summed E-state index contributed by atoms with van der Waals surface area (Å²) < 4.78 is 11.9. The molecular weight excluding hydrogens is 300 g/mol. The van der Waals surface area contributed by atoms with Crippen molar-refractivity contribution in [3.63, 3.8) is 0 Å². The summed E-state index contributed by atoms with van der Waals surface area (Å²) in [5.74, 6) is 0. The summed E-state index contributed by atoms with van der Waals surface area (Å²) >= 11 is 4.98. The molecule has 6 heteroatoms. The third-order valence-electron chi connectivity index (χ3n) is 2.99. The Morgan fingerprint density at radius 2 is 2.00 bits per heavy atom. The molecule has 5 nitrogen and oxygen atoms in total. The molecule has 0 spiro atoms. The SMILES string of the molecule is COC(=S)NCc1cn(C(=O)OC(C)(C)C)c2ccccc12. The summed E-state index contributed by atoms with van der Waals surface area (Å²) in [6, 6.07) is 7.67. The van der Waals surface area contributed by atoms with E-state index in [9.17, 15) is 4.79 Å². The first kappa shape index (κ1) is 16.3.